The molecule has 2 rings (SSSR count). The second kappa shape index (κ2) is 13.3. The van der Waals surface area contributed by atoms with Gasteiger partial charge < -0.3 is 20.6 Å². The number of allylic oxidation sites excluding steroid dienone is 2. The van der Waals surface area contributed by atoms with Crippen LogP contribution >= 0.6 is 0 Å². The van der Waals surface area contributed by atoms with E-state index in [9.17, 15) is 15.0 Å². The van der Waals surface area contributed by atoms with Crippen molar-refractivity contribution in [3.8, 4) is 0 Å². The van der Waals surface area contributed by atoms with Crippen molar-refractivity contribution in [1.29, 1.82) is 0 Å². The highest BCUT2D eigenvalue weighted by Crippen LogP contribution is 2.48. The monoisotopic (exact) mass is 421 g/mol. The third-order valence-electron chi connectivity index (χ3n) is 6.79. The van der Waals surface area contributed by atoms with Crippen LogP contribution in [-0.2, 0) is 4.79 Å². The number of rotatable bonds is 14. The molecule has 1 amide bonds. The van der Waals surface area contributed by atoms with E-state index in [2.05, 4.69) is 31.3 Å². The molecule has 0 heterocycles. The molecular weight excluding hydrogens is 378 g/mol. The summed E-state index contributed by atoms with van der Waals surface area (Å²) in [7, 11) is 0. The third-order valence-corrected chi connectivity index (χ3v) is 6.79. The van der Waals surface area contributed by atoms with E-state index < -0.39 is 6.10 Å². The predicted octanol–water partition coefficient (Wildman–Crippen LogP) is 3.73. The zero-order valence-corrected chi connectivity index (χ0v) is 18.9. The molecule has 30 heavy (non-hydrogen) atoms. The van der Waals surface area contributed by atoms with Crippen LogP contribution in [0, 0.1) is 23.7 Å². The van der Waals surface area contributed by atoms with Crippen molar-refractivity contribution in [2.45, 2.75) is 90.3 Å². The van der Waals surface area contributed by atoms with Crippen LogP contribution in [0.15, 0.2) is 23.8 Å². The van der Waals surface area contributed by atoms with Gasteiger partial charge >= 0.3 is 0 Å². The van der Waals surface area contributed by atoms with Crippen molar-refractivity contribution >= 4 is 5.91 Å². The Morgan fingerprint density at radius 1 is 1.33 bits per heavy atom. The van der Waals surface area contributed by atoms with Gasteiger partial charge in [-0.15, -0.1) is 0 Å². The maximum Gasteiger partial charge on any atom is 0.220 e. The average molecular weight is 422 g/mol. The number of carbonyl (C=O) groups excluding carboxylic acids is 1. The van der Waals surface area contributed by atoms with Crippen LogP contribution in [0.2, 0.25) is 0 Å². The van der Waals surface area contributed by atoms with Crippen molar-refractivity contribution in [2.24, 2.45) is 23.7 Å². The van der Waals surface area contributed by atoms with Gasteiger partial charge in [-0.2, -0.15) is 0 Å². The first-order valence-corrected chi connectivity index (χ1v) is 12.1. The smallest absolute Gasteiger partial charge is 0.220 e. The van der Waals surface area contributed by atoms with Crippen LogP contribution in [0.3, 0.4) is 0 Å². The molecule has 0 aromatic rings. The molecular formula is C25H43NO4. The minimum atomic E-state index is -0.422. The fourth-order valence-corrected chi connectivity index (χ4v) is 5.13. The quantitative estimate of drug-likeness (QED) is 0.254. The van der Waals surface area contributed by atoms with Gasteiger partial charge in [0.25, 0.3) is 0 Å². The Bertz CT molecular complexity index is 573. The van der Waals surface area contributed by atoms with E-state index in [0.29, 0.717) is 30.7 Å². The molecule has 0 spiro atoms. The molecule has 4 N–H and O–H groups in total. The molecule has 2 aliphatic carbocycles. The van der Waals surface area contributed by atoms with Gasteiger partial charge in [-0.25, -0.2) is 0 Å². The molecule has 0 aromatic carbocycles. The topological polar surface area (TPSA) is 89.8 Å². The molecule has 172 valence electrons. The van der Waals surface area contributed by atoms with Crippen molar-refractivity contribution in [3.05, 3.63) is 23.8 Å². The average Bonchev–Trinajstić information content (AvgIpc) is 3.22. The highest BCUT2D eigenvalue weighted by molar-refractivity contribution is 5.75. The number of hydrogen-bond acceptors (Lipinski definition) is 4. The number of aliphatic hydroxyl groups is 3. The number of fused-ring (bicyclic) bond motifs is 1. The summed E-state index contributed by atoms with van der Waals surface area (Å²) in [5.74, 6) is 1.56. The van der Waals surface area contributed by atoms with E-state index in [1.165, 1.54) is 18.4 Å². The summed E-state index contributed by atoms with van der Waals surface area (Å²) in [5.41, 5.74) is 1.46. The first-order valence-electron chi connectivity index (χ1n) is 12.1. The van der Waals surface area contributed by atoms with E-state index >= 15 is 0 Å². The number of nitrogens with one attached hydrogen (secondary N) is 1. The summed E-state index contributed by atoms with van der Waals surface area (Å²) < 4.78 is 0. The second-order valence-corrected chi connectivity index (χ2v) is 9.45. The Morgan fingerprint density at radius 2 is 2.13 bits per heavy atom. The number of hydrogen-bond donors (Lipinski definition) is 4. The number of carbonyl (C=O) groups is 1. The molecule has 1 fully saturated rings. The van der Waals surface area contributed by atoms with Gasteiger partial charge in [-0.3, -0.25) is 4.79 Å². The molecule has 0 aliphatic heterocycles. The molecule has 5 nitrogen and oxygen atoms in total. The molecule has 0 saturated heterocycles. The maximum absolute atomic E-state index is 11.6. The van der Waals surface area contributed by atoms with Crippen molar-refractivity contribution < 1.29 is 20.1 Å². The van der Waals surface area contributed by atoms with Crippen molar-refractivity contribution in [3.63, 3.8) is 0 Å². The number of amides is 1. The van der Waals surface area contributed by atoms with Crippen LogP contribution in [-0.4, -0.2) is 46.6 Å². The van der Waals surface area contributed by atoms with Gasteiger partial charge in [0, 0.05) is 18.9 Å². The molecule has 6 atom stereocenters. The third kappa shape index (κ3) is 8.16. The van der Waals surface area contributed by atoms with Crippen LogP contribution < -0.4 is 5.32 Å². The van der Waals surface area contributed by atoms with Crippen LogP contribution in [0.25, 0.3) is 0 Å². The fraction of sp³-hybridized carbons (Fsp3) is 0.800. The lowest BCUT2D eigenvalue weighted by Crippen LogP contribution is -2.25. The lowest BCUT2D eigenvalue weighted by atomic mass is 9.88. The number of unbranched alkanes of at least 4 members (excludes halogenated alkanes) is 2. The summed E-state index contributed by atoms with van der Waals surface area (Å²) in [6.07, 6.45) is 15.2. The zero-order valence-electron chi connectivity index (χ0n) is 18.9. The normalized spacial score (nSPS) is 27.8. The Morgan fingerprint density at radius 3 is 2.87 bits per heavy atom. The molecule has 2 aliphatic rings. The lowest BCUT2D eigenvalue weighted by Gasteiger charge is -2.19. The minimum Gasteiger partial charge on any atom is -0.395 e. The van der Waals surface area contributed by atoms with Gasteiger partial charge in [-0.1, -0.05) is 56.9 Å². The molecule has 0 bridgehead atoms. The van der Waals surface area contributed by atoms with Crippen molar-refractivity contribution in [2.75, 3.05) is 13.2 Å². The predicted molar refractivity (Wildman–Crippen MR) is 121 cm³/mol. The van der Waals surface area contributed by atoms with Gasteiger partial charge in [-0.05, 0) is 56.3 Å². The number of aliphatic hydroxyl groups excluding tert-OH is 3. The van der Waals surface area contributed by atoms with Crippen LogP contribution in [0.1, 0.15) is 78.1 Å². The van der Waals surface area contributed by atoms with Crippen LogP contribution in [0.4, 0.5) is 0 Å². The van der Waals surface area contributed by atoms with Gasteiger partial charge in [0.05, 0.1) is 18.8 Å². The molecule has 0 aromatic heterocycles. The largest absolute Gasteiger partial charge is 0.395 e. The van der Waals surface area contributed by atoms with E-state index in [4.69, 9.17) is 5.11 Å². The first-order chi connectivity index (χ1) is 14.4. The Kier molecular flexibility index (Phi) is 11.1. The van der Waals surface area contributed by atoms with Gasteiger partial charge in [0.1, 0.15) is 0 Å². The summed E-state index contributed by atoms with van der Waals surface area (Å²) in [5, 5.41) is 32.3. The van der Waals surface area contributed by atoms with Crippen LogP contribution in [0.5, 0.6) is 0 Å². The van der Waals surface area contributed by atoms with Gasteiger partial charge in [0.2, 0.25) is 5.91 Å². The summed E-state index contributed by atoms with van der Waals surface area (Å²) >= 11 is 0. The Balaban J connectivity index is 1.73. The summed E-state index contributed by atoms with van der Waals surface area (Å²) in [6, 6.07) is 0. The van der Waals surface area contributed by atoms with E-state index in [0.717, 1.165) is 44.9 Å². The van der Waals surface area contributed by atoms with E-state index in [1.54, 1.807) is 0 Å². The molecule has 1 saturated carbocycles. The second-order valence-electron chi connectivity index (χ2n) is 9.45. The SMILES string of the molecule is CCCC[C@H](C)C[C@H](O)/C=C/[C@@H]1[C@H]2CC(CCCCC(=O)NCCO)=C[C@H]2C[C@H]1O. The first kappa shape index (κ1) is 25.1. The fourth-order valence-electron chi connectivity index (χ4n) is 5.13. The standard InChI is InChI=1S/C25H43NO4/c1-3-4-7-18(2)14-21(28)10-11-22-23-16-19(15-20(23)17-24(22)29)8-5-6-9-25(30)26-12-13-27/h10-11,15,18,20-24,27-29H,3-9,12-14,16-17H2,1-2H3,(H,26,30)/b11-10+/t18-,20-,21+,22+,23-,24+/m0/s1. The van der Waals surface area contributed by atoms with E-state index in [1.807, 2.05) is 6.08 Å². The minimum absolute atomic E-state index is 0.0113. The Labute approximate surface area is 182 Å². The van der Waals surface area contributed by atoms with Crippen molar-refractivity contribution in [1.82, 2.24) is 5.32 Å². The van der Waals surface area contributed by atoms with Gasteiger partial charge in [0.15, 0.2) is 0 Å². The maximum atomic E-state index is 11.6. The molecule has 5 heteroatoms. The Hall–Kier alpha value is -1.17. The zero-order chi connectivity index (χ0) is 21.9. The highest BCUT2D eigenvalue weighted by Gasteiger charge is 2.43. The highest BCUT2D eigenvalue weighted by atomic mass is 16.3. The summed E-state index contributed by atoms with van der Waals surface area (Å²) in [4.78, 5) is 11.6. The lowest BCUT2D eigenvalue weighted by molar-refractivity contribution is -0.121. The molecule has 0 unspecified atom stereocenters. The summed E-state index contributed by atoms with van der Waals surface area (Å²) in [6.45, 7) is 4.71. The molecule has 0 radical (unpaired) electrons. The van der Waals surface area contributed by atoms with E-state index in [-0.39, 0.29) is 24.5 Å².